The maximum absolute atomic E-state index is 13.3. The number of ether oxygens (including phenoxy) is 1. The van der Waals surface area contributed by atoms with Crippen LogP contribution in [-0.2, 0) is 9.53 Å². The molecule has 1 amide bonds. The van der Waals surface area contributed by atoms with Crippen molar-refractivity contribution in [2.24, 2.45) is 17.8 Å². The van der Waals surface area contributed by atoms with Gasteiger partial charge in [0.05, 0.1) is 30.1 Å². The molecule has 0 bridgehead atoms. The molecule has 1 aromatic rings. The van der Waals surface area contributed by atoms with Gasteiger partial charge in [0.2, 0.25) is 11.5 Å². The van der Waals surface area contributed by atoms with Gasteiger partial charge in [-0.1, -0.05) is 0 Å². The van der Waals surface area contributed by atoms with Gasteiger partial charge < -0.3 is 15.0 Å². The van der Waals surface area contributed by atoms with Crippen LogP contribution in [-0.4, -0.2) is 29.3 Å². The second-order valence-corrected chi connectivity index (χ2v) is 7.87. The summed E-state index contributed by atoms with van der Waals surface area (Å²) in [6.07, 6.45) is -1.30. The molecule has 1 unspecified atom stereocenters. The van der Waals surface area contributed by atoms with Crippen molar-refractivity contribution >= 4 is 11.6 Å². The normalized spacial score (nSPS) is 30.3. The summed E-state index contributed by atoms with van der Waals surface area (Å²) in [5.41, 5.74) is -0.178. The van der Waals surface area contributed by atoms with E-state index in [2.05, 4.69) is 16.4 Å². The van der Waals surface area contributed by atoms with Gasteiger partial charge in [-0.25, -0.2) is 0 Å². The zero-order valence-corrected chi connectivity index (χ0v) is 15.9. The van der Waals surface area contributed by atoms with Crippen molar-refractivity contribution in [3.8, 4) is 6.07 Å². The van der Waals surface area contributed by atoms with Gasteiger partial charge in [-0.3, -0.25) is 9.59 Å². The molecule has 1 heterocycles. The number of nitriles is 1. The summed E-state index contributed by atoms with van der Waals surface area (Å²) in [4.78, 5) is 26.6. The van der Waals surface area contributed by atoms with E-state index in [0.717, 1.165) is 0 Å². The lowest BCUT2D eigenvalue weighted by molar-refractivity contribution is -0.198. The predicted molar refractivity (Wildman–Crippen MR) is 98.8 cm³/mol. The Morgan fingerprint density at radius 3 is 2.55 bits per heavy atom. The van der Waals surface area contributed by atoms with Crippen LogP contribution in [0.15, 0.2) is 23.1 Å². The SMILES string of the molecule is N#CC1CCC(OC2CC[C@H](C(F)(F)F)C[C@@H]2C(=O)Nc2cc[nH]c(=O)c2)CC1. The number of H-pyrrole nitrogens is 1. The third kappa shape index (κ3) is 5.60. The number of halogens is 3. The summed E-state index contributed by atoms with van der Waals surface area (Å²) in [6, 6.07) is 4.89. The van der Waals surface area contributed by atoms with Crippen LogP contribution in [0, 0.1) is 29.1 Å². The quantitative estimate of drug-likeness (QED) is 0.789. The highest BCUT2D eigenvalue weighted by molar-refractivity contribution is 5.92. The van der Waals surface area contributed by atoms with Gasteiger partial charge in [0, 0.05) is 23.9 Å². The lowest BCUT2D eigenvalue weighted by Gasteiger charge is -2.38. The molecule has 0 spiro atoms. The third-order valence-corrected chi connectivity index (χ3v) is 5.85. The van der Waals surface area contributed by atoms with E-state index in [0.29, 0.717) is 25.7 Å². The molecule has 2 aliphatic rings. The van der Waals surface area contributed by atoms with Crippen molar-refractivity contribution in [2.75, 3.05) is 5.32 Å². The summed E-state index contributed by atoms with van der Waals surface area (Å²) in [6.45, 7) is 0. The first kappa shape index (κ1) is 21.4. The number of rotatable bonds is 4. The lowest BCUT2D eigenvalue weighted by Crippen LogP contribution is -2.44. The molecule has 3 rings (SSSR count). The van der Waals surface area contributed by atoms with Crippen LogP contribution in [0.5, 0.6) is 0 Å². The molecule has 0 aromatic carbocycles. The van der Waals surface area contributed by atoms with Gasteiger partial charge in [0.25, 0.3) is 0 Å². The first-order valence-electron chi connectivity index (χ1n) is 9.87. The Hall–Kier alpha value is -2.34. The van der Waals surface area contributed by atoms with Crippen LogP contribution >= 0.6 is 0 Å². The molecule has 158 valence electrons. The fourth-order valence-electron chi connectivity index (χ4n) is 4.21. The van der Waals surface area contributed by atoms with E-state index >= 15 is 0 Å². The topological polar surface area (TPSA) is 95.0 Å². The zero-order valence-electron chi connectivity index (χ0n) is 15.9. The number of hydrogen-bond donors (Lipinski definition) is 2. The van der Waals surface area contributed by atoms with Crippen LogP contribution in [0.25, 0.3) is 0 Å². The Balaban J connectivity index is 1.70. The number of hydrogen-bond acceptors (Lipinski definition) is 4. The molecular formula is C20H24F3N3O3. The van der Waals surface area contributed by atoms with Gasteiger partial charge in [-0.15, -0.1) is 0 Å². The van der Waals surface area contributed by atoms with Gasteiger partial charge in [-0.2, -0.15) is 18.4 Å². The van der Waals surface area contributed by atoms with E-state index in [4.69, 9.17) is 10.00 Å². The Labute approximate surface area is 166 Å². The van der Waals surface area contributed by atoms with E-state index in [-0.39, 0.29) is 37.0 Å². The van der Waals surface area contributed by atoms with Gasteiger partial charge in [-0.05, 0) is 51.0 Å². The highest BCUT2D eigenvalue weighted by Gasteiger charge is 2.47. The van der Waals surface area contributed by atoms with Crippen molar-refractivity contribution in [3.63, 3.8) is 0 Å². The molecule has 6 nitrogen and oxygen atoms in total. The van der Waals surface area contributed by atoms with E-state index in [1.165, 1.54) is 18.3 Å². The van der Waals surface area contributed by atoms with Crippen LogP contribution in [0.4, 0.5) is 18.9 Å². The molecule has 9 heteroatoms. The smallest absolute Gasteiger partial charge is 0.374 e. The largest absolute Gasteiger partial charge is 0.391 e. The number of aromatic nitrogens is 1. The Bertz CT molecular complexity index is 809. The summed E-state index contributed by atoms with van der Waals surface area (Å²) in [5.74, 6) is -3.08. The number of nitrogens with one attached hydrogen (secondary N) is 2. The standard InChI is InChI=1S/C20H24F3N3O3/c21-20(22,23)13-3-6-17(29-15-4-1-12(11-24)2-5-15)16(9-13)19(28)26-14-7-8-25-18(27)10-14/h7-8,10,12-13,15-17H,1-6,9H2,(H2,25,26,27,28)/t12?,13-,15?,16-,17?/m0/s1. The summed E-state index contributed by atoms with van der Waals surface area (Å²) in [7, 11) is 0. The molecule has 2 saturated carbocycles. The first-order chi connectivity index (χ1) is 13.8. The molecule has 0 radical (unpaired) electrons. The predicted octanol–water partition coefficient (Wildman–Crippen LogP) is 3.76. The van der Waals surface area contributed by atoms with Crippen LogP contribution in [0.3, 0.4) is 0 Å². The number of anilines is 1. The fourth-order valence-corrected chi connectivity index (χ4v) is 4.21. The molecule has 0 aliphatic heterocycles. The van der Waals surface area contributed by atoms with Crippen molar-refractivity contribution in [3.05, 3.63) is 28.7 Å². The monoisotopic (exact) mass is 411 g/mol. The molecular weight excluding hydrogens is 387 g/mol. The average Bonchev–Trinajstić information content (AvgIpc) is 2.68. The molecule has 0 saturated heterocycles. The van der Waals surface area contributed by atoms with E-state index in [1.54, 1.807) is 0 Å². The maximum Gasteiger partial charge on any atom is 0.391 e. The molecule has 29 heavy (non-hydrogen) atoms. The van der Waals surface area contributed by atoms with Gasteiger partial charge in [0.1, 0.15) is 0 Å². The second kappa shape index (κ2) is 8.99. The second-order valence-electron chi connectivity index (χ2n) is 7.87. The number of carbonyl (C=O) groups excluding carboxylic acids is 1. The van der Waals surface area contributed by atoms with Crippen molar-refractivity contribution in [2.45, 2.75) is 63.3 Å². The number of pyridine rings is 1. The number of aromatic amines is 1. The van der Waals surface area contributed by atoms with Gasteiger partial charge in [0.15, 0.2) is 0 Å². The number of amides is 1. The van der Waals surface area contributed by atoms with E-state index < -0.39 is 35.6 Å². The van der Waals surface area contributed by atoms with Gasteiger partial charge >= 0.3 is 6.18 Å². The van der Waals surface area contributed by atoms with E-state index in [1.807, 2.05) is 0 Å². The van der Waals surface area contributed by atoms with Crippen molar-refractivity contribution < 1.29 is 22.7 Å². The highest BCUT2D eigenvalue weighted by atomic mass is 19.4. The summed E-state index contributed by atoms with van der Waals surface area (Å²) in [5, 5.41) is 11.6. The minimum atomic E-state index is -4.36. The molecule has 3 atom stereocenters. The van der Waals surface area contributed by atoms with Crippen LogP contribution in [0.1, 0.15) is 44.9 Å². The Morgan fingerprint density at radius 1 is 1.21 bits per heavy atom. The fraction of sp³-hybridized carbons (Fsp3) is 0.650. The molecule has 1 aromatic heterocycles. The molecule has 2 fully saturated rings. The molecule has 2 aliphatic carbocycles. The summed E-state index contributed by atoms with van der Waals surface area (Å²) < 4.78 is 45.9. The maximum atomic E-state index is 13.3. The number of alkyl halides is 3. The zero-order chi connectivity index (χ0) is 21.0. The van der Waals surface area contributed by atoms with Crippen molar-refractivity contribution in [1.29, 1.82) is 5.26 Å². The third-order valence-electron chi connectivity index (χ3n) is 5.85. The highest BCUT2D eigenvalue weighted by Crippen LogP contribution is 2.42. The average molecular weight is 411 g/mol. The minimum Gasteiger partial charge on any atom is -0.374 e. The number of nitrogens with zero attached hydrogens (tertiary/aromatic N) is 1. The number of carbonyl (C=O) groups is 1. The van der Waals surface area contributed by atoms with Crippen molar-refractivity contribution in [1.82, 2.24) is 4.98 Å². The van der Waals surface area contributed by atoms with Crippen LogP contribution in [0.2, 0.25) is 0 Å². The first-order valence-corrected chi connectivity index (χ1v) is 9.87. The Morgan fingerprint density at radius 2 is 1.93 bits per heavy atom. The van der Waals surface area contributed by atoms with Crippen LogP contribution < -0.4 is 10.9 Å². The Kier molecular flexibility index (Phi) is 6.63. The van der Waals surface area contributed by atoms with E-state index in [9.17, 15) is 22.8 Å². The minimum absolute atomic E-state index is 0.00826. The summed E-state index contributed by atoms with van der Waals surface area (Å²) >= 11 is 0. The lowest BCUT2D eigenvalue weighted by atomic mass is 9.78. The molecule has 2 N–H and O–H groups in total.